The number of nitrogens with zero attached hydrogens (tertiary/aromatic N) is 2. The average molecular weight is 593 g/mol. The molecular weight excluding hydrogens is 565 g/mol. The first-order chi connectivity index (χ1) is 15.7. The van der Waals surface area contributed by atoms with E-state index in [1.165, 1.54) is 4.90 Å². The summed E-state index contributed by atoms with van der Waals surface area (Å²) in [6.45, 7) is 6.56. The Morgan fingerprint density at radius 2 is 1.74 bits per heavy atom. The fourth-order valence-corrected chi connectivity index (χ4v) is 4.78. The van der Waals surface area contributed by atoms with E-state index in [9.17, 15) is 18.0 Å². The Labute approximate surface area is 219 Å². The van der Waals surface area contributed by atoms with Crippen molar-refractivity contribution in [2.75, 3.05) is 17.1 Å². The van der Waals surface area contributed by atoms with E-state index in [4.69, 9.17) is 23.2 Å². The van der Waals surface area contributed by atoms with Gasteiger partial charge in [0.2, 0.25) is 21.8 Å². The van der Waals surface area contributed by atoms with Crippen LogP contribution in [-0.2, 0) is 26.2 Å². The van der Waals surface area contributed by atoms with Crippen molar-refractivity contribution in [1.29, 1.82) is 0 Å². The van der Waals surface area contributed by atoms with Crippen LogP contribution in [0.5, 0.6) is 0 Å². The summed E-state index contributed by atoms with van der Waals surface area (Å²) in [6, 6.07) is 8.85. The molecule has 2 aromatic carbocycles. The van der Waals surface area contributed by atoms with Crippen LogP contribution in [0.4, 0.5) is 5.69 Å². The van der Waals surface area contributed by atoms with E-state index >= 15 is 0 Å². The number of benzene rings is 2. The van der Waals surface area contributed by atoms with Gasteiger partial charge in [0.05, 0.1) is 11.9 Å². The van der Waals surface area contributed by atoms with Gasteiger partial charge in [0.25, 0.3) is 0 Å². The van der Waals surface area contributed by atoms with Gasteiger partial charge in [0.1, 0.15) is 12.6 Å². The SMILES string of the molecule is Cc1cc(N(CC(=O)N(Cc2ccc(Cl)cc2Cl)[C@@H](C)C(=O)NC(C)C)S(C)(=O)=O)ccc1Br. The number of anilines is 1. The van der Waals surface area contributed by atoms with Gasteiger partial charge in [-0.25, -0.2) is 8.42 Å². The Bertz CT molecular complexity index is 1170. The Balaban J connectivity index is 2.44. The third kappa shape index (κ3) is 7.60. The van der Waals surface area contributed by atoms with Gasteiger partial charge in [0.15, 0.2) is 0 Å². The van der Waals surface area contributed by atoms with Gasteiger partial charge in [-0.05, 0) is 69.2 Å². The van der Waals surface area contributed by atoms with E-state index in [-0.39, 0.29) is 18.5 Å². The largest absolute Gasteiger partial charge is 0.352 e. The maximum absolute atomic E-state index is 13.5. The van der Waals surface area contributed by atoms with Crippen molar-refractivity contribution in [3.8, 4) is 0 Å². The van der Waals surface area contributed by atoms with Gasteiger partial charge < -0.3 is 10.2 Å². The Kier molecular flexibility index (Phi) is 9.82. The first-order valence-corrected chi connectivity index (χ1v) is 13.9. The summed E-state index contributed by atoms with van der Waals surface area (Å²) >= 11 is 15.7. The monoisotopic (exact) mass is 591 g/mol. The molecule has 0 aliphatic rings. The van der Waals surface area contributed by atoms with Crippen molar-refractivity contribution in [3.05, 3.63) is 62.0 Å². The van der Waals surface area contributed by atoms with Gasteiger partial charge in [0, 0.05) is 27.1 Å². The van der Waals surface area contributed by atoms with Crippen LogP contribution in [0.15, 0.2) is 40.9 Å². The Morgan fingerprint density at radius 3 is 2.26 bits per heavy atom. The number of amides is 2. The predicted octanol–water partition coefficient (Wildman–Crippen LogP) is 4.77. The molecular formula is C23H28BrCl2N3O4S. The van der Waals surface area contributed by atoms with E-state index in [0.717, 1.165) is 20.6 Å². The fraction of sp³-hybridized carbons (Fsp3) is 0.391. The summed E-state index contributed by atoms with van der Waals surface area (Å²) in [5.41, 5.74) is 1.74. The lowest BCUT2D eigenvalue weighted by atomic mass is 10.1. The number of halogens is 3. The average Bonchev–Trinajstić information content (AvgIpc) is 2.71. The molecule has 2 amide bonds. The highest BCUT2D eigenvalue weighted by Crippen LogP contribution is 2.26. The summed E-state index contributed by atoms with van der Waals surface area (Å²) in [5.74, 6) is -0.915. The normalized spacial score (nSPS) is 12.4. The molecule has 0 aliphatic carbocycles. The number of carbonyl (C=O) groups excluding carboxylic acids is 2. The predicted molar refractivity (Wildman–Crippen MR) is 141 cm³/mol. The lowest BCUT2D eigenvalue weighted by Crippen LogP contribution is -2.52. The topological polar surface area (TPSA) is 86.8 Å². The van der Waals surface area contributed by atoms with E-state index in [2.05, 4.69) is 21.2 Å². The van der Waals surface area contributed by atoms with Crippen molar-refractivity contribution in [2.45, 2.75) is 46.3 Å². The molecule has 1 atom stereocenters. The summed E-state index contributed by atoms with van der Waals surface area (Å²) in [4.78, 5) is 27.6. The molecule has 0 unspecified atom stereocenters. The molecule has 34 heavy (non-hydrogen) atoms. The lowest BCUT2D eigenvalue weighted by molar-refractivity contribution is -0.139. The molecule has 0 aliphatic heterocycles. The van der Waals surface area contributed by atoms with Crippen molar-refractivity contribution < 1.29 is 18.0 Å². The minimum absolute atomic E-state index is 0.00150. The molecule has 11 heteroatoms. The maximum atomic E-state index is 13.5. The molecule has 0 heterocycles. The zero-order chi connectivity index (χ0) is 25.8. The molecule has 0 radical (unpaired) electrons. The second kappa shape index (κ2) is 11.7. The third-order valence-electron chi connectivity index (χ3n) is 5.06. The number of aryl methyl sites for hydroxylation is 1. The number of hydrogen-bond donors (Lipinski definition) is 1. The standard InChI is InChI=1S/C23H28BrCl2N3O4S/c1-14(2)27-23(31)16(4)28(12-17-6-7-18(25)11-21(17)26)22(30)13-29(34(5,32)33)19-8-9-20(24)15(3)10-19/h6-11,14,16H,12-13H2,1-5H3,(H,27,31)/t16-/m0/s1. The zero-order valence-corrected chi connectivity index (χ0v) is 23.5. The van der Waals surface area contributed by atoms with Gasteiger partial charge >= 0.3 is 0 Å². The van der Waals surface area contributed by atoms with Crippen LogP contribution in [0, 0.1) is 6.92 Å². The van der Waals surface area contributed by atoms with Gasteiger partial charge in [-0.3, -0.25) is 13.9 Å². The molecule has 2 rings (SSSR count). The first kappa shape index (κ1) is 28.4. The fourth-order valence-electron chi connectivity index (χ4n) is 3.22. The maximum Gasteiger partial charge on any atom is 0.244 e. The van der Waals surface area contributed by atoms with E-state index in [0.29, 0.717) is 21.3 Å². The minimum atomic E-state index is -3.80. The number of nitrogens with one attached hydrogen (secondary N) is 1. The second-order valence-electron chi connectivity index (χ2n) is 8.30. The van der Waals surface area contributed by atoms with Crippen LogP contribution >= 0.6 is 39.1 Å². The van der Waals surface area contributed by atoms with E-state index < -0.39 is 28.5 Å². The van der Waals surface area contributed by atoms with Crippen LogP contribution < -0.4 is 9.62 Å². The molecule has 1 N–H and O–H groups in total. The van der Waals surface area contributed by atoms with Crippen molar-refractivity contribution >= 4 is 66.7 Å². The highest BCUT2D eigenvalue weighted by atomic mass is 79.9. The molecule has 0 saturated heterocycles. The lowest BCUT2D eigenvalue weighted by Gasteiger charge is -2.32. The number of carbonyl (C=O) groups is 2. The molecule has 7 nitrogen and oxygen atoms in total. The quantitative estimate of drug-likeness (QED) is 0.454. The smallest absolute Gasteiger partial charge is 0.244 e. The molecule has 0 saturated carbocycles. The number of sulfonamides is 1. The van der Waals surface area contributed by atoms with Crippen molar-refractivity contribution in [2.24, 2.45) is 0 Å². The Hall–Kier alpha value is -1.81. The van der Waals surface area contributed by atoms with Crippen LogP contribution in [0.1, 0.15) is 31.9 Å². The number of rotatable bonds is 9. The minimum Gasteiger partial charge on any atom is -0.352 e. The van der Waals surface area contributed by atoms with Crippen LogP contribution in [0.2, 0.25) is 10.0 Å². The van der Waals surface area contributed by atoms with Gasteiger partial charge in [-0.2, -0.15) is 0 Å². The zero-order valence-electron chi connectivity index (χ0n) is 19.6. The van der Waals surface area contributed by atoms with Crippen LogP contribution in [-0.4, -0.2) is 50.0 Å². The van der Waals surface area contributed by atoms with Crippen LogP contribution in [0.25, 0.3) is 0 Å². The highest BCUT2D eigenvalue weighted by Gasteiger charge is 2.30. The van der Waals surface area contributed by atoms with E-state index in [1.54, 1.807) is 43.3 Å². The number of hydrogen-bond acceptors (Lipinski definition) is 4. The Morgan fingerprint density at radius 1 is 1.09 bits per heavy atom. The second-order valence-corrected chi connectivity index (χ2v) is 11.9. The molecule has 0 aromatic heterocycles. The molecule has 0 fully saturated rings. The van der Waals surface area contributed by atoms with Crippen molar-refractivity contribution in [3.63, 3.8) is 0 Å². The summed E-state index contributed by atoms with van der Waals surface area (Å²) in [5, 5.41) is 3.57. The van der Waals surface area contributed by atoms with Gasteiger partial charge in [-0.1, -0.05) is 45.2 Å². The van der Waals surface area contributed by atoms with Gasteiger partial charge in [-0.15, -0.1) is 0 Å². The van der Waals surface area contributed by atoms with E-state index in [1.807, 2.05) is 20.8 Å². The summed E-state index contributed by atoms with van der Waals surface area (Å²) in [7, 11) is -3.80. The van der Waals surface area contributed by atoms with Crippen molar-refractivity contribution in [1.82, 2.24) is 10.2 Å². The third-order valence-corrected chi connectivity index (χ3v) is 7.68. The molecule has 0 spiro atoms. The van der Waals surface area contributed by atoms with Crippen LogP contribution in [0.3, 0.4) is 0 Å². The summed E-state index contributed by atoms with van der Waals surface area (Å²) < 4.78 is 27.1. The molecule has 2 aromatic rings. The molecule has 186 valence electrons. The summed E-state index contributed by atoms with van der Waals surface area (Å²) in [6.07, 6.45) is 1.03. The first-order valence-electron chi connectivity index (χ1n) is 10.5. The molecule has 0 bridgehead atoms. The highest BCUT2D eigenvalue weighted by molar-refractivity contribution is 9.10.